The summed E-state index contributed by atoms with van der Waals surface area (Å²) < 4.78 is 6.48. The van der Waals surface area contributed by atoms with E-state index >= 15 is 0 Å². The summed E-state index contributed by atoms with van der Waals surface area (Å²) in [5, 5.41) is 2.74. The number of fused-ring (bicyclic) bond motifs is 1. The number of aromatic nitrogens is 2. The molecular weight excluding hydrogens is 346 g/mol. The number of nitrogens with one attached hydrogen (secondary N) is 1. The normalized spacial score (nSPS) is 12.5. The van der Waals surface area contributed by atoms with Gasteiger partial charge in [-0.15, -0.1) is 0 Å². The molecule has 142 valence electrons. The van der Waals surface area contributed by atoms with E-state index < -0.39 is 0 Å². The number of esters is 1. The third-order valence-corrected chi connectivity index (χ3v) is 4.52. The third kappa shape index (κ3) is 4.24. The monoisotopic (exact) mass is 369 g/mol. The molecule has 0 unspecified atom stereocenters. The summed E-state index contributed by atoms with van der Waals surface area (Å²) in [4.78, 5) is 41.2. The average molecular weight is 369 g/mol. The molecule has 0 atom stereocenters. The Kier molecular flexibility index (Phi) is 5.69. The number of carbonyl (C=O) groups excluding carboxylic acids is 2. The maximum atomic E-state index is 12.6. The molecule has 27 heavy (non-hydrogen) atoms. The zero-order valence-electron chi connectivity index (χ0n) is 15.6. The lowest BCUT2D eigenvalue weighted by Crippen LogP contribution is -2.32. The van der Waals surface area contributed by atoms with Gasteiger partial charge in [-0.2, -0.15) is 0 Å². The fourth-order valence-electron chi connectivity index (χ4n) is 3.15. The van der Waals surface area contributed by atoms with E-state index in [1.54, 1.807) is 31.2 Å². The number of anilines is 1. The maximum absolute atomic E-state index is 12.6. The van der Waals surface area contributed by atoms with Crippen molar-refractivity contribution >= 4 is 17.6 Å². The Bertz CT molecular complexity index is 916. The van der Waals surface area contributed by atoms with Crippen molar-refractivity contribution in [2.24, 2.45) is 0 Å². The smallest absolute Gasteiger partial charge is 0.338 e. The number of aryl methyl sites for hydroxylation is 2. The minimum absolute atomic E-state index is 0.0920. The lowest BCUT2D eigenvalue weighted by atomic mass is 10.2. The summed E-state index contributed by atoms with van der Waals surface area (Å²) in [6, 6.07) is 6.47. The van der Waals surface area contributed by atoms with Crippen molar-refractivity contribution in [1.29, 1.82) is 0 Å². The summed E-state index contributed by atoms with van der Waals surface area (Å²) in [7, 11) is 0. The van der Waals surface area contributed by atoms with E-state index in [0.717, 1.165) is 36.9 Å². The molecule has 0 aliphatic heterocycles. The van der Waals surface area contributed by atoms with Crippen LogP contribution >= 0.6 is 0 Å². The SMILES string of the molecule is CCCOC(=O)c1ccc(NC(=O)Cn2c(C)nc3c(c2=O)CCC3)cc1. The molecule has 1 amide bonds. The molecule has 0 bridgehead atoms. The number of amides is 1. The van der Waals surface area contributed by atoms with Crippen LogP contribution in [0.25, 0.3) is 0 Å². The van der Waals surface area contributed by atoms with Gasteiger partial charge >= 0.3 is 5.97 Å². The van der Waals surface area contributed by atoms with Crippen molar-refractivity contribution < 1.29 is 14.3 Å². The van der Waals surface area contributed by atoms with Gasteiger partial charge in [0.2, 0.25) is 5.91 Å². The highest BCUT2D eigenvalue weighted by atomic mass is 16.5. The Hall–Kier alpha value is -2.96. The van der Waals surface area contributed by atoms with Crippen LogP contribution < -0.4 is 10.9 Å². The minimum Gasteiger partial charge on any atom is -0.462 e. The van der Waals surface area contributed by atoms with Gasteiger partial charge in [-0.25, -0.2) is 9.78 Å². The fraction of sp³-hybridized carbons (Fsp3) is 0.400. The Balaban J connectivity index is 1.67. The van der Waals surface area contributed by atoms with Crippen LogP contribution in [-0.4, -0.2) is 28.0 Å². The van der Waals surface area contributed by atoms with Gasteiger partial charge in [-0.3, -0.25) is 14.2 Å². The first-order valence-corrected chi connectivity index (χ1v) is 9.15. The molecule has 1 N–H and O–H groups in total. The first-order chi connectivity index (χ1) is 13.0. The van der Waals surface area contributed by atoms with Crippen LogP contribution in [0.2, 0.25) is 0 Å². The molecule has 1 aromatic heterocycles. The van der Waals surface area contributed by atoms with Crippen molar-refractivity contribution in [2.45, 2.75) is 46.1 Å². The summed E-state index contributed by atoms with van der Waals surface area (Å²) in [5.41, 5.74) is 2.44. The number of hydrogen-bond acceptors (Lipinski definition) is 5. The highest BCUT2D eigenvalue weighted by Crippen LogP contribution is 2.16. The Morgan fingerprint density at radius 1 is 1.22 bits per heavy atom. The number of benzene rings is 1. The molecule has 0 saturated heterocycles. The largest absolute Gasteiger partial charge is 0.462 e. The number of carbonyl (C=O) groups is 2. The number of hydrogen-bond donors (Lipinski definition) is 1. The molecule has 1 aliphatic carbocycles. The first kappa shape index (κ1) is 18.8. The number of ether oxygens (including phenoxy) is 1. The Morgan fingerprint density at radius 3 is 2.67 bits per heavy atom. The summed E-state index contributed by atoms with van der Waals surface area (Å²) in [6.45, 7) is 3.95. The predicted octanol–water partition coefficient (Wildman–Crippen LogP) is 2.25. The molecule has 1 aliphatic rings. The van der Waals surface area contributed by atoms with E-state index in [1.807, 2.05) is 6.92 Å². The van der Waals surface area contributed by atoms with Gasteiger partial charge in [0.25, 0.3) is 5.56 Å². The topological polar surface area (TPSA) is 90.3 Å². The van der Waals surface area contributed by atoms with E-state index in [1.165, 1.54) is 4.57 Å². The standard InChI is InChI=1S/C20H23N3O4/c1-3-11-27-20(26)14-7-9-15(10-8-14)22-18(24)12-23-13(2)21-17-6-4-5-16(17)19(23)25/h7-10H,3-6,11-12H2,1-2H3,(H,22,24). The molecule has 0 fully saturated rings. The predicted molar refractivity (Wildman–Crippen MR) is 101 cm³/mol. The van der Waals surface area contributed by atoms with Gasteiger partial charge < -0.3 is 10.1 Å². The molecule has 0 radical (unpaired) electrons. The first-order valence-electron chi connectivity index (χ1n) is 9.15. The van der Waals surface area contributed by atoms with Crippen molar-refractivity contribution in [2.75, 3.05) is 11.9 Å². The third-order valence-electron chi connectivity index (χ3n) is 4.52. The van der Waals surface area contributed by atoms with Crippen molar-refractivity contribution in [1.82, 2.24) is 9.55 Å². The van der Waals surface area contributed by atoms with Crippen LogP contribution in [0.1, 0.15) is 47.2 Å². The van der Waals surface area contributed by atoms with Crippen LogP contribution in [0.4, 0.5) is 5.69 Å². The van der Waals surface area contributed by atoms with Crippen LogP contribution in [0, 0.1) is 6.92 Å². The van der Waals surface area contributed by atoms with E-state index in [4.69, 9.17) is 4.74 Å². The Morgan fingerprint density at radius 2 is 1.96 bits per heavy atom. The highest BCUT2D eigenvalue weighted by Gasteiger charge is 2.20. The molecular formula is C20H23N3O4. The minimum atomic E-state index is -0.388. The molecule has 0 spiro atoms. The van der Waals surface area contributed by atoms with Gasteiger partial charge in [0.15, 0.2) is 0 Å². The highest BCUT2D eigenvalue weighted by molar-refractivity contribution is 5.93. The second kappa shape index (κ2) is 8.16. The van der Waals surface area contributed by atoms with Crippen LogP contribution in [0.5, 0.6) is 0 Å². The summed E-state index contributed by atoms with van der Waals surface area (Å²) in [5.74, 6) is -0.160. The van der Waals surface area contributed by atoms with E-state index in [2.05, 4.69) is 10.3 Å². The van der Waals surface area contributed by atoms with Crippen molar-refractivity contribution in [3.05, 3.63) is 57.3 Å². The Labute approximate surface area is 157 Å². The van der Waals surface area contributed by atoms with Gasteiger partial charge in [0.05, 0.1) is 17.9 Å². The second-order valence-electron chi connectivity index (χ2n) is 6.59. The quantitative estimate of drug-likeness (QED) is 0.789. The zero-order valence-corrected chi connectivity index (χ0v) is 15.6. The summed E-state index contributed by atoms with van der Waals surface area (Å²) >= 11 is 0. The molecule has 1 aromatic carbocycles. The van der Waals surface area contributed by atoms with Crippen LogP contribution in [0.3, 0.4) is 0 Å². The maximum Gasteiger partial charge on any atom is 0.338 e. The van der Waals surface area contributed by atoms with E-state index in [-0.39, 0.29) is 24.0 Å². The molecule has 1 heterocycles. The fourth-order valence-corrected chi connectivity index (χ4v) is 3.15. The van der Waals surface area contributed by atoms with Gasteiger partial charge in [-0.1, -0.05) is 6.92 Å². The van der Waals surface area contributed by atoms with E-state index in [9.17, 15) is 14.4 Å². The molecule has 3 rings (SSSR count). The second-order valence-corrected chi connectivity index (χ2v) is 6.59. The average Bonchev–Trinajstić information content (AvgIpc) is 3.12. The molecule has 0 saturated carbocycles. The lowest BCUT2D eigenvalue weighted by Gasteiger charge is -2.12. The zero-order chi connectivity index (χ0) is 19.4. The summed E-state index contributed by atoms with van der Waals surface area (Å²) in [6.07, 6.45) is 3.24. The van der Waals surface area contributed by atoms with Crippen LogP contribution in [-0.2, 0) is 28.9 Å². The van der Waals surface area contributed by atoms with Crippen molar-refractivity contribution in [3.63, 3.8) is 0 Å². The molecule has 2 aromatic rings. The van der Waals surface area contributed by atoms with Crippen LogP contribution in [0.15, 0.2) is 29.1 Å². The number of nitrogens with zero attached hydrogens (tertiary/aromatic N) is 2. The molecule has 7 heteroatoms. The van der Waals surface area contributed by atoms with Crippen molar-refractivity contribution in [3.8, 4) is 0 Å². The number of rotatable bonds is 6. The van der Waals surface area contributed by atoms with Gasteiger partial charge in [-0.05, 0) is 56.9 Å². The molecule has 7 nitrogen and oxygen atoms in total. The lowest BCUT2D eigenvalue weighted by molar-refractivity contribution is -0.116. The van der Waals surface area contributed by atoms with Gasteiger partial charge in [0, 0.05) is 11.3 Å². The van der Waals surface area contributed by atoms with E-state index in [0.29, 0.717) is 23.7 Å². The van der Waals surface area contributed by atoms with Gasteiger partial charge in [0.1, 0.15) is 12.4 Å².